The fourth-order valence-electron chi connectivity index (χ4n) is 3.31. The summed E-state index contributed by atoms with van der Waals surface area (Å²) in [5.74, 6) is 1.21. The first-order valence-electron chi connectivity index (χ1n) is 9.54. The maximum Gasteiger partial charge on any atom is 0.254 e. The molecule has 2 aromatic heterocycles. The zero-order chi connectivity index (χ0) is 20.2. The minimum atomic E-state index is -0.588. The lowest BCUT2D eigenvalue weighted by Gasteiger charge is -2.25. The fraction of sp³-hybridized carbons (Fsp3) is 0.273. The van der Waals surface area contributed by atoms with E-state index in [2.05, 4.69) is 20.3 Å². The topological polar surface area (TPSA) is 80.2 Å². The van der Waals surface area contributed by atoms with Crippen LogP contribution in [-0.2, 0) is 22.5 Å². The number of amides is 1. The van der Waals surface area contributed by atoms with Crippen LogP contribution >= 0.6 is 0 Å². The monoisotopic (exact) mass is 389 g/mol. The predicted octanol–water partition coefficient (Wildman–Crippen LogP) is 2.53. The SMILES string of the molecule is CN(C)c1cc(CNC(=O)[C@@H]2OCCc3ccccc32)nc(-c2ccncc2)n1. The molecule has 1 aliphatic rings. The van der Waals surface area contributed by atoms with Gasteiger partial charge < -0.3 is 15.0 Å². The first-order chi connectivity index (χ1) is 14.1. The molecule has 1 amide bonds. The molecule has 0 fully saturated rings. The predicted molar refractivity (Wildman–Crippen MR) is 110 cm³/mol. The molecule has 0 saturated heterocycles. The molecule has 1 aliphatic heterocycles. The van der Waals surface area contributed by atoms with Crippen LogP contribution in [0, 0.1) is 0 Å². The summed E-state index contributed by atoms with van der Waals surface area (Å²) in [6, 6.07) is 13.5. The maximum atomic E-state index is 12.8. The van der Waals surface area contributed by atoms with E-state index in [-0.39, 0.29) is 5.91 Å². The van der Waals surface area contributed by atoms with Gasteiger partial charge in [-0.25, -0.2) is 9.97 Å². The number of aromatic nitrogens is 3. The molecule has 4 rings (SSSR count). The Balaban J connectivity index is 1.54. The van der Waals surface area contributed by atoms with Crippen molar-refractivity contribution in [2.24, 2.45) is 0 Å². The van der Waals surface area contributed by atoms with Crippen molar-refractivity contribution >= 4 is 11.7 Å². The second kappa shape index (κ2) is 8.36. The minimum Gasteiger partial charge on any atom is -0.363 e. The molecule has 1 atom stereocenters. The van der Waals surface area contributed by atoms with Crippen LogP contribution in [0.4, 0.5) is 5.82 Å². The van der Waals surface area contributed by atoms with Crippen molar-refractivity contribution in [3.05, 3.63) is 71.7 Å². The van der Waals surface area contributed by atoms with E-state index in [1.54, 1.807) is 12.4 Å². The number of benzene rings is 1. The Bertz CT molecular complexity index is 1010. The summed E-state index contributed by atoms with van der Waals surface area (Å²) in [4.78, 5) is 28.0. The Kier molecular flexibility index (Phi) is 5.48. The number of carbonyl (C=O) groups excluding carboxylic acids is 1. The fourth-order valence-corrected chi connectivity index (χ4v) is 3.31. The normalized spacial score (nSPS) is 15.4. The Labute approximate surface area is 169 Å². The molecule has 0 unspecified atom stereocenters. The van der Waals surface area contributed by atoms with E-state index in [4.69, 9.17) is 4.74 Å². The molecular formula is C22H23N5O2. The van der Waals surface area contributed by atoms with Crippen molar-refractivity contribution in [1.82, 2.24) is 20.3 Å². The van der Waals surface area contributed by atoms with E-state index in [1.165, 1.54) is 0 Å². The van der Waals surface area contributed by atoms with Crippen LogP contribution < -0.4 is 10.2 Å². The lowest BCUT2D eigenvalue weighted by molar-refractivity contribution is -0.134. The van der Waals surface area contributed by atoms with Gasteiger partial charge >= 0.3 is 0 Å². The summed E-state index contributed by atoms with van der Waals surface area (Å²) in [5, 5.41) is 2.97. The Morgan fingerprint density at radius 1 is 1.17 bits per heavy atom. The van der Waals surface area contributed by atoms with Crippen LogP contribution in [-0.4, -0.2) is 41.6 Å². The van der Waals surface area contributed by atoms with E-state index >= 15 is 0 Å². The van der Waals surface area contributed by atoms with E-state index in [0.717, 1.165) is 34.6 Å². The summed E-state index contributed by atoms with van der Waals surface area (Å²) < 4.78 is 5.75. The van der Waals surface area contributed by atoms with Gasteiger partial charge in [0.1, 0.15) is 5.82 Å². The Morgan fingerprint density at radius 2 is 1.97 bits per heavy atom. The van der Waals surface area contributed by atoms with Crippen LogP contribution in [0.3, 0.4) is 0 Å². The molecule has 7 nitrogen and oxygen atoms in total. The lowest BCUT2D eigenvalue weighted by Crippen LogP contribution is -2.33. The van der Waals surface area contributed by atoms with Gasteiger partial charge in [-0.3, -0.25) is 9.78 Å². The molecule has 29 heavy (non-hydrogen) atoms. The van der Waals surface area contributed by atoms with Gasteiger partial charge in [0.05, 0.1) is 18.8 Å². The van der Waals surface area contributed by atoms with E-state index in [0.29, 0.717) is 19.0 Å². The Hall–Kier alpha value is -3.32. The zero-order valence-corrected chi connectivity index (χ0v) is 16.5. The number of rotatable bonds is 5. The average Bonchev–Trinajstić information content (AvgIpc) is 2.77. The molecule has 3 heterocycles. The van der Waals surface area contributed by atoms with Crippen molar-refractivity contribution in [2.75, 3.05) is 25.6 Å². The third kappa shape index (κ3) is 4.25. The number of ether oxygens (including phenoxy) is 1. The van der Waals surface area contributed by atoms with E-state index < -0.39 is 6.10 Å². The van der Waals surface area contributed by atoms with Gasteiger partial charge in [0, 0.05) is 38.1 Å². The quantitative estimate of drug-likeness (QED) is 0.722. The highest BCUT2D eigenvalue weighted by molar-refractivity contribution is 5.82. The van der Waals surface area contributed by atoms with Crippen LogP contribution in [0.5, 0.6) is 0 Å². The number of carbonyl (C=O) groups is 1. The van der Waals surface area contributed by atoms with Gasteiger partial charge in [-0.15, -0.1) is 0 Å². The number of anilines is 1. The van der Waals surface area contributed by atoms with Gasteiger partial charge in [0.25, 0.3) is 5.91 Å². The van der Waals surface area contributed by atoms with Gasteiger partial charge in [-0.2, -0.15) is 0 Å². The number of nitrogens with one attached hydrogen (secondary N) is 1. The van der Waals surface area contributed by atoms with Gasteiger partial charge in [-0.1, -0.05) is 24.3 Å². The molecule has 7 heteroatoms. The molecule has 148 valence electrons. The van der Waals surface area contributed by atoms with Crippen LogP contribution in [0.2, 0.25) is 0 Å². The summed E-state index contributed by atoms with van der Waals surface area (Å²) in [6.45, 7) is 0.835. The zero-order valence-electron chi connectivity index (χ0n) is 16.5. The summed E-state index contributed by atoms with van der Waals surface area (Å²) in [6.07, 6.45) is 3.66. The average molecular weight is 389 g/mol. The highest BCUT2D eigenvalue weighted by atomic mass is 16.5. The van der Waals surface area contributed by atoms with Gasteiger partial charge in [0.15, 0.2) is 11.9 Å². The molecule has 3 aromatic rings. The molecule has 1 aromatic carbocycles. The van der Waals surface area contributed by atoms with Crippen molar-refractivity contribution in [1.29, 1.82) is 0 Å². The molecule has 0 bridgehead atoms. The van der Waals surface area contributed by atoms with Crippen molar-refractivity contribution < 1.29 is 9.53 Å². The smallest absolute Gasteiger partial charge is 0.254 e. The van der Waals surface area contributed by atoms with Crippen molar-refractivity contribution in [2.45, 2.75) is 19.1 Å². The Morgan fingerprint density at radius 3 is 2.76 bits per heavy atom. The number of fused-ring (bicyclic) bond motifs is 1. The number of nitrogens with zero attached hydrogens (tertiary/aromatic N) is 4. The molecule has 0 spiro atoms. The summed E-state index contributed by atoms with van der Waals surface area (Å²) in [5.41, 5.74) is 3.70. The first-order valence-corrected chi connectivity index (χ1v) is 9.54. The second-order valence-corrected chi connectivity index (χ2v) is 7.09. The first kappa shape index (κ1) is 19.0. The number of hydrogen-bond acceptors (Lipinski definition) is 6. The third-order valence-electron chi connectivity index (χ3n) is 4.84. The molecule has 1 N–H and O–H groups in total. The van der Waals surface area contributed by atoms with Gasteiger partial charge in [-0.05, 0) is 29.7 Å². The number of hydrogen-bond donors (Lipinski definition) is 1. The highest BCUT2D eigenvalue weighted by Gasteiger charge is 2.27. The molecule has 0 aliphatic carbocycles. The van der Waals surface area contributed by atoms with E-state index in [9.17, 15) is 4.79 Å². The molecular weight excluding hydrogens is 366 g/mol. The minimum absolute atomic E-state index is 0.160. The van der Waals surface area contributed by atoms with Crippen LogP contribution in [0.25, 0.3) is 11.4 Å². The van der Waals surface area contributed by atoms with Crippen LogP contribution in [0.15, 0.2) is 54.9 Å². The standard InChI is InChI=1S/C22H23N5O2/c1-27(2)19-13-17(25-21(26-19)16-7-10-23-11-8-16)14-24-22(28)20-18-6-4-3-5-15(18)9-12-29-20/h3-8,10-11,13,20H,9,12,14H2,1-2H3,(H,24,28)/t20-/m1/s1. The third-order valence-corrected chi connectivity index (χ3v) is 4.84. The highest BCUT2D eigenvalue weighted by Crippen LogP contribution is 2.27. The summed E-state index contributed by atoms with van der Waals surface area (Å²) in [7, 11) is 3.85. The van der Waals surface area contributed by atoms with Crippen molar-refractivity contribution in [3.63, 3.8) is 0 Å². The van der Waals surface area contributed by atoms with Gasteiger partial charge in [0.2, 0.25) is 0 Å². The van der Waals surface area contributed by atoms with Crippen LogP contribution in [0.1, 0.15) is 22.9 Å². The largest absolute Gasteiger partial charge is 0.363 e. The number of pyridine rings is 1. The molecule has 0 radical (unpaired) electrons. The second-order valence-electron chi connectivity index (χ2n) is 7.09. The summed E-state index contributed by atoms with van der Waals surface area (Å²) >= 11 is 0. The van der Waals surface area contributed by atoms with E-state index in [1.807, 2.05) is 61.5 Å². The van der Waals surface area contributed by atoms with Crippen molar-refractivity contribution in [3.8, 4) is 11.4 Å². The maximum absolute atomic E-state index is 12.8. The lowest BCUT2D eigenvalue weighted by atomic mass is 9.97. The molecule has 0 saturated carbocycles.